The van der Waals surface area contributed by atoms with Crippen LogP contribution in [0.15, 0.2) is 0 Å². The van der Waals surface area contributed by atoms with Crippen molar-refractivity contribution in [2.75, 3.05) is 0 Å². The molecule has 2 N–H and O–H groups in total. The molecule has 12 heavy (non-hydrogen) atoms. The minimum Gasteiger partial charge on any atom is -0.323 e. The van der Waals surface area contributed by atoms with Gasteiger partial charge in [0.2, 0.25) is 0 Å². The molecular formula is C8H12N4. The number of rotatable bonds is 1. The van der Waals surface area contributed by atoms with Gasteiger partial charge >= 0.3 is 0 Å². The molecule has 0 aromatic carbocycles. The van der Waals surface area contributed by atoms with E-state index >= 15 is 0 Å². The molecule has 1 aromatic rings. The van der Waals surface area contributed by atoms with E-state index in [1.165, 1.54) is 18.5 Å². The summed E-state index contributed by atoms with van der Waals surface area (Å²) in [5.74, 6) is 0. The summed E-state index contributed by atoms with van der Waals surface area (Å²) >= 11 is 0. The smallest absolute Gasteiger partial charge is 0.103 e. The molecule has 1 unspecified atom stereocenters. The summed E-state index contributed by atoms with van der Waals surface area (Å²) in [6.07, 6.45) is 4.66. The summed E-state index contributed by atoms with van der Waals surface area (Å²) in [6, 6.07) is 0.791. The summed E-state index contributed by atoms with van der Waals surface area (Å²) in [7, 11) is 0. The number of nitrogens with two attached hydrogens (primary N) is 1. The van der Waals surface area contributed by atoms with Crippen LogP contribution in [0.5, 0.6) is 0 Å². The molecule has 64 valence electrons. The molecule has 0 aliphatic heterocycles. The van der Waals surface area contributed by atoms with Crippen LogP contribution in [0.25, 0.3) is 0 Å². The Morgan fingerprint density at radius 3 is 2.92 bits per heavy atom. The lowest BCUT2D eigenvalue weighted by Crippen LogP contribution is -2.06. The predicted octanol–water partition coefficient (Wildman–Crippen LogP) is 0.559. The van der Waals surface area contributed by atoms with Gasteiger partial charge in [-0.2, -0.15) is 0 Å². The van der Waals surface area contributed by atoms with Crippen molar-refractivity contribution in [2.45, 2.75) is 37.8 Å². The SMILES string of the molecule is NC1CCc2c1nnn2C1CC1. The van der Waals surface area contributed by atoms with E-state index in [0.717, 1.165) is 18.5 Å². The van der Waals surface area contributed by atoms with Crippen molar-refractivity contribution in [2.24, 2.45) is 5.73 Å². The van der Waals surface area contributed by atoms with Crippen molar-refractivity contribution in [1.29, 1.82) is 0 Å². The maximum absolute atomic E-state index is 5.86. The molecular weight excluding hydrogens is 152 g/mol. The maximum Gasteiger partial charge on any atom is 0.103 e. The molecule has 0 saturated heterocycles. The first-order chi connectivity index (χ1) is 5.86. The molecule has 1 atom stereocenters. The zero-order valence-electron chi connectivity index (χ0n) is 6.90. The molecule has 4 nitrogen and oxygen atoms in total. The summed E-state index contributed by atoms with van der Waals surface area (Å²) in [4.78, 5) is 0. The first-order valence-corrected chi connectivity index (χ1v) is 4.56. The van der Waals surface area contributed by atoms with Crippen LogP contribution in [0.3, 0.4) is 0 Å². The van der Waals surface area contributed by atoms with Crippen LogP contribution >= 0.6 is 0 Å². The van der Waals surface area contributed by atoms with Gasteiger partial charge in [-0.05, 0) is 25.7 Å². The third kappa shape index (κ3) is 0.756. The normalized spacial score (nSPS) is 27.6. The fourth-order valence-corrected chi connectivity index (χ4v) is 1.90. The van der Waals surface area contributed by atoms with Gasteiger partial charge in [0.25, 0.3) is 0 Å². The van der Waals surface area contributed by atoms with Gasteiger partial charge in [0.1, 0.15) is 5.69 Å². The number of nitrogens with zero attached hydrogens (tertiary/aromatic N) is 3. The van der Waals surface area contributed by atoms with E-state index in [1.54, 1.807) is 0 Å². The zero-order valence-corrected chi connectivity index (χ0v) is 6.90. The lowest BCUT2D eigenvalue weighted by Gasteiger charge is -1.98. The lowest BCUT2D eigenvalue weighted by molar-refractivity contribution is 0.566. The number of aromatic nitrogens is 3. The molecule has 2 aliphatic rings. The first kappa shape index (κ1) is 6.60. The molecule has 0 spiro atoms. The van der Waals surface area contributed by atoms with Crippen LogP contribution in [0.1, 0.15) is 42.7 Å². The Labute approximate surface area is 70.7 Å². The van der Waals surface area contributed by atoms with Gasteiger partial charge in [-0.15, -0.1) is 5.10 Å². The number of fused-ring (bicyclic) bond motifs is 1. The van der Waals surface area contributed by atoms with Crippen LogP contribution in [0.2, 0.25) is 0 Å². The Morgan fingerprint density at radius 2 is 2.17 bits per heavy atom. The molecule has 1 heterocycles. The van der Waals surface area contributed by atoms with Crippen molar-refractivity contribution >= 4 is 0 Å². The minimum atomic E-state index is 0.146. The van der Waals surface area contributed by atoms with Crippen molar-refractivity contribution in [3.8, 4) is 0 Å². The molecule has 3 rings (SSSR count). The van der Waals surface area contributed by atoms with E-state index < -0.39 is 0 Å². The van der Waals surface area contributed by atoms with Gasteiger partial charge in [-0.1, -0.05) is 5.21 Å². The van der Waals surface area contributed by atoms with Crippen molar-refractivity contribution < 1.29 is 0 Å². The van der Waals surface area contributed by atoms with E-state index in [0.29, 0.717) is 6.04 Å². The zero-order chi connectivity index (χ0) is 8.13. The highest BCUT2D eigenvalue weighted by Crippen LogP contribution is 2.38. The van der Waals surface area contributed by atoms with Crippen molar-refractivity contribution in [3.05, 3.63) is 11.4 Å². The molecule has 0 amide bonds. The molecule has 1 aromatic heterocycles. The predicted molar refractivity (Wildman–Crippen MR) is 43.5 cm³/mol. The van der Waals surface area contributed by atoms with E-state index in [4.69, 9.17) is 5.73 Å². The standard InChI is InChI=1S/C8H12N4/c9-6-3-4-7-8(6)10-11-12(7)5-1-2-5/h5-6H,1-4,9H2. The average Bonchev–Trinajstić information content (AvgIpc) is 2.71. The Hall–Kier alpha value is -0.900. The molecule has 0 radical (unpaired) electrons. The van der Waals surface area contributed by atoms with Gasteiger partial charge in [0.05, 0.1) is 17.8 Å². The first-order valence-electron chi connectivity index (χ1n) is 4.56. The van der Waals surface area contributed by atoms with Crippen LogP contribution in [0, 0.1) is 0 Å². The quantitative estimate of drug-likeness (QED) is 0.659. The Morgan fingerprint density at radius 1 is 1.33 bits per heavy atom. The van der Waals surface area contributed by atoms with Crippen molar-refractivity contribution in [3.63, 3.8) is 0 Å². The fraction of sp³-hybridized carbons (Fsp3) is 0.750. The fourth-order valence-electron chi connectivity index (χ4n) is 1.90. The summed E-state index contributed by atoms with van der Waals surface area (Å²) in [5.41, 5.74) is 8.20. The van der Waals surface area contributed by atoms with Crippen LogP contribution in [0.4, 0.5) is 0 Å². The largest absolute Gasteiger partial charge is 0.323 e. The maximum atomic E-state index is 5.86. The minimum absolute atomic E-state index is 0.146. The summed E-state index contributed by atoms with van der Waals surface area (Å²) in [5, 5.41) is 8.26. The van der Waals surface area contributed by atoms with Crippen LogP contribution < -0.4 is 5.73 Å². The van der Waals surface area contributed by atoms with Crippen LogP contribution in [-0.2, 0) is 6.42 Å². The Bertz CT molecular complexity index is 313. The number of hydrogen-bond acceptors (Lipinski definition) is 3. The second kappa shape index (κ2) is 2.07. The van der Waals surface area contributed by atoms with Crippen molar-refractivity contribution in [1.82, 2.24) is 15.0 Å². The second-order valence-corrected chi connectivity index (χ2v) is 3.74. The van der Waals surface area contributed by atoms with E-state index in [2.05, 4.69) is 15.0 Å². The highest BCUT2D eigenvalue weighted by atomic mass is 15.5. The topological polar surface area (TPSA) is 56.7 Å². The average molecular weight is 164 g/mol. The third-order valence-corrected chi connectivity index (χ3v) is 2.76. The summed E-state index contributed by atoms with van der Waals surface area (Å²) < 4.78 is 2.09. The summed E-state index contributed by atoms with van der Waals surface area (Å²) in [6.45, 7) is 0. The Kier molecular flexibility index (Phi) is 1.14. The van der Waals surface area contributed by atoms with Gasteiger partial charge < -0.3 is 5.73 Å². The lowest BCUT2D eigenvalue weighted by atomic mass is 10.3. The van der Waals surface area contributed by atoms with Gasteiger partial charge in [0, 0.05) is 0 Å². The van der Waals surface area contributed by atoms with Gasteiger partial charge in [-0.25, -0.2) is 4.68 Å². The molecule has 1 fully saturated rings. The van der Waals surface area contributed by atoms with Crippen LogP contribution in [-0.4, -0.2) is 15.0 Å². The number of hydrogen-bond donors (Lipinski definition) is 1. The monoisotopic (exact) mass is 164 g/mol. The van der Waals surface area contributed by atoms with Gasteiger partial charge in [0.15, 0.2) is 0 Å². The van der Waals surface area contributed by atoms with Gasteiger partial charge in [-0.3, -0.25) is 0 Å². The highest BCUT2D eigenvalue weighted by molar-refractivity contribution is 5.21. The second-order valence-electron chi connectivity index (χ2n) is 3.74. The molecule has 2 aliphatic carbocycles. The molecule has 1 saturated carbocycles. The third-order valence-electron chi connectivity index (χ3n) is 2.76. The Balaban J connectivity index is 2.07. The molecule has 0 bridgehead atoms. The van der Waals surface area contributed by atoms with E-state index in [9.17, 15) is 0 Å². The highest BCUT2D eigenvalue weighted by Gasteiger charge is 2.32. The molecule has 4 heteroatoms. The van der Waals surface area contributed by atoms with E-state index in [-0.39, 0.29) is 6.04 Å². The van der Waals surface area contributed by atoms with E-state index in [1.807, 2.05) is 0 Å².